The summed E-state index contributed by atoms with van der Waals surface area (Å²) in [6, 6.07) is 0. The average Bonchev–Trinajstić information content (AvgIpc) is 2.57. The molecule has 0 saturated heterocycles. The van der Waals surface area contributed by atoms with Gasteiger partial charge >= 0.3 is 0 Å². The van der Waals surface area contributed by atoms with Crippen molar-refractivity contribution in [2.45, 2.75) is 13.3 Å². The molecule has 0 bridgehead atoms. The Morgan fingerprint density at radius 3 is 3.25 bits per heavy atom. The lowest BCUT2D eigenvalue weighted by Crippen LogP contribution is -2.17. The zero-order valence-electron chi connectivity index (χ0n) is 7.00. The van der Waals surface area contributed by atoms with Crippen molar-refractivity contribution in [3.8, 4) is 11.8 Å². The lowest BCUT2D eigenvalue weighted by atomic mass is 10.4. The Bertz CT molecular complexity index is 258. The minimum absolute atomic E-state index is 0.659. The van der Waals surface area contributed by atoms with Crippen LogP contribution in [0.4, 0.5) is 0 Å². The fraction of sp³-hybridized carbons (Fsp3) is 0.500. The molecule has 1 rings (SSSR count). The molecule has 0 unspecified atom stereocenters. The quantitative estimate of drug-likeness (QED) is 0.512. The number of hydrogen-bond donors (Lipinski definition) is 1. The molecule has 0 aliphatic heterocycles. The largest absolute Gasteiger partial charge is 0.340 e. The van der Waals surface area contributed by atoms with Gasteiger partial charge in [0.1, 0.15) is 0 Å². The topological polar surface area (TPSA) is 51.0 Å². The minimum Gasteiger partial charge on any atom is -0.340 e. The van der Waals surface area contributed by atoms with E-state index in [4.69, 9.17) is 4.52 Å². The zero-order chi connectivity index (χ0) is 8.65. The molecule has 0 spiro atoms. The van der Waals surface area contributed by atoms with Gasteiger partial charge in [0.15, 0.2) is 6.33 Å². The summed E-state index contributed by atoms with van der Waals surface area (Å²) in [5.41, 5.74) is 0. The van der Waals surface area contributed by atoms with Gasteiger partial charge in [0.25, 0.3) is 0 Å². The third-order valence-corrected chi connectivity index (χ3v) is 1.31. The molecule has 4 nitrogen and oxygen atoms in total. The maximum absolute atomic E-state index is 4.80. The van der Waals surface area contributed by atoms with Gasteiger partial charge in [0, 0.05) is 13.0 Å². The molecule has 1 aromatic heterocycles. The number of rotatable bonds is 4. The lowest BCUT2D eigenvalue weighted by Gasteiger charge is -1.94. The van der Waals surface area contributed by atoms with E-state index in [-0.39, 0.29) is 0 Å². The first-order chi connectivity index (χ1) is 5.93. The molecule has 0 aromatic carbocycles. The van der Waals surface area contributed by atoms with E-state index in [2.05, 4.69) is 27.3 Å². The summed E-state index contributed by atoms with van der Waals surface area (Å²) in [5.74, 6) is 6.36. The second-order valence-corrected chi connectivity index (χ2v) is 2.19. The van der Waals surface area contributed by atoms with Crippen LogP contribution in [0.2, 0.25) is 0 Å². The molecule has 12 heavy (non-hydrogen) atoms. The summed E-state index contributed by atoms with van der Waals surface area (Å²) in [7, 11) is 0. The molecule has 0 saturated carbocycles. The van der Waals surface area contributed by atoms with Crippen LogP contribution in [0.3, 0.4) is 0 Å². The van der Waals surface area contributed by atoms with Gasteiger partial charge in [0.05, 0.1) is 6.54 Å². The van der Waals surface area contributed by atoms with Crippen LogP contribution in [0, 0.1) is 11.8 Å². The van der Waals surface area contributed by atoms with E-state index in [1.807, 2.05) is 6.92 Å². The Kier molecular flexibility index (Phi) is 3.89. The normalized spacial score (nSPS) is 9.08. The molecule has 4 heteroatoms. The van der Waals surface area contributed by atoms with Crippen molar-refractivity contribution in [2.75, 3.05) is 13.1 Å². The molecule has 64 valence electrons. The molecule has 0 aliphatic rings. The van der Waals surface area contributed by atoms with E-state index in [1.165, 1.54) is 6.33 Å². The predicted octanol–water partition coefficient (Wildman–Crippen LogP) is 0.225. The van der Waals surface area contributed by atoms with Gasteiger partial charge in [-0.15, -0.1) is 5.92 Å². The highest BCUT2D eigenvalue weighted by Gasteiger charge is 1.95. The van der Waals surface area contributed by atoms with Crippen LogP contribution in [0.5, 0.6) is 0 Å². The summed E-state index contributed by atoms with van der Waals surface area (Å²) >= 11 is 0. The number of nitrogens with zero attached hydrogens (tertiary/aromatic N) is 2. The van der Waals surface area contributed by atoms with E-state index in [0.29, 0.717) is 12.4 Å². The SMILES string of the molecule is CC#CCNCCc1ncno1. The Balaban J connectivity index is 2.06. The molecule has 0 amide bonds. The van der Waals surface area contributed by atoms with Crippen molar-refractivity contribution in [1.82, 2.24) is 15.5 Å². The van der Waals surface area contributed by atoms with Crippen LogP contribution >= 0.6 is 0 Å². The van der Waals surface area contributed by atoms with Crippen molar-refractivity contribution in [1.29, 1.82) is 0 Å². The van der Waals surface area contributed by atoms with Gasteiger partial charge in [0.2, 0.25) is 5.89 Å². The Morgan fingerprint density at radius 1 is 1.67 bits per heavy atom. The van der Waals surface area contributed by atoms with Crippen LogP contribution in [-0.2, 0) is 6.42 Å². The standard InChI is InChI=1S/C8H11N3O/c1-2-3-5-9-6-4-8-10-7-11-12-8/h7,9H,4-6H2,1H3. The van der Waals surface area contributed by atoms with Crippen LogP contribution in [0.25, 0.3) is 0 Å². The van der Waals surface area contributed by atoms with Crippen molar-refractivity contribution < 1.29 is 4.52 Å². The molecule has 1 heterocycles. The van der Waals surface area contributed by atoms with E-state index >= 15 is 0 Å². The number of aromatic nitrogens is 2. The number of hydrogen-bond acceptors (Lipinski definition) is 4. The highest BCUT2D eigenvalue weighted by atomic mass is 16.5. The Labute approximate surface area is 71.4 Å². The molecular formula is C8H11N3O. The highest BCUT2D eigenvalue weighted by molar-refractivity contribution is 4.97. The average molecular weight is 165 g/mol. The first-order valence-corrected chi connectivity index (χ1v) is 3.79. The van der Waals surface area contributed by atoms with Gasteiger partial charge in [-0.25, -0.2) is 0 Å². The van der Waals surface area contributed by atoms with Crippen LogP contribution < -0.4 is 5.32 Å². The second kappa shape index (κ2) is 5.33. The summed E-state index contributed by atoms with van der Waals surface area (Å²) < 4.78 is 4.80. The molecule has 1 aromatic rings. The molecule has 0 aliphatic carbocycles. The van der Waals surface area contributed by atoms with E-state index < -0.39 is 0 Å². The van der Waals surface area contributed by atoms with Crippen LogP contribution in [0.15, 0.2) is 10.9 Å². The third kappa shape index (κ3) is 3.17. The predicted molar refractivity (Wildman–Crippen MR) is 44.3 cm³/mol. The monoisotopic (exact) mass is 165 g/mol. The third-order valence-electron chi connectivity index (χ3n) is 1.31. The van der Waals surface area contributed by atoms with E-state index in [1.54, 1.807) is 0 Å². The minimum atomic E-state index is 0.659. The fourth-order valence-corrected chi connectivity index (χ4v) is 0.741. The Morgan fingerprint density at radius 2 is 2.58 bits per heavy atom. The summed E-state index contributed by atoms with van der Waals surface area (Å²) in [4.78, 5) is 3.88. The first kappa shape index (κ1) is 8.75. The maximum atomic E-state index is 4.80. The van der Waals surface area contributed by atoms with Crippen molar-refractivity contribution in [3.63, 3.8) is 0 Å². The van der Waals surface area contributed by atoms with Crippen molar-refractivity contribution in [3.05, 3.63) is 12.2 Å². The van der Waals surface area contributed by atoms with Gasteiger partial charge in [-0.2, -0.15) is 4.98 Å². The van der Waals surface area contributed by atoms with Crippen LogP contribution in [0.1, 0.15) is 12.8 Å². The first-order valence-electron chi connectivity index (χ1n) is 3.79. The number of nitrogens with one attached hydrogen (secondary N) is 1. The van der Waals surface area contributed by atoms with Gasteiger partial charge < -0.3 is 9.84 Å². The Hall–Kier alpha value is -1.34. The second-order valence-electron chi connectivity index (χ2n) is 2.19. The molecule has 0 fully saturated rings. The van der Waals surface area contributed by atoms with Gasteiger partial charge in [-0.3, -0.25) is 0 Å². The van der Waals surface area contributed by atoms with Gasteiger partial charge in [-0.05, 0) is 6.92 Å². The van der Waals surface area contributed by atoms with Gasteiger partial charge in [-0.1, -0.05) is 11.1 Å². The van der Waals surface area contributed by atoms with E-state index in [0.717, 1.165) is 13.0 Å². The molecule has 0 atom stereocenters. The fourth-order valence-electron chi connectivity index (χ4n) is 0.741. The molecule has 0 radical (unpaired) electrons. The van der Waals surface area contributed by atoms with Crippen molar-refractivity contribution in [2.24, 2.45) is 0 Å². The summed E-state index contributed by atoms with van der Waals surface area (Å²) in [6.45, 7) is 3.35. The molecule has 1 N–H and O–H groups in total. The highest BCUT2D eigenvalue weighted by Crippen LogP contribution is 1.89. The zero-order valence-corrected chi connectivity index (χ0v) is 7.00. The van der Waals surface area contributed by atoms with Crippen LogP contribution in [-0.4, -0.2) is 23.2 Å². The van der Waals surface area contributed by atoms with E-state index in [9.17, 15) is 0 Å². The maximum Gasteiger partial charge on any atom is 0.227 e. The lowest BCUT2D eigenvalue weighted by molar-refractivity contribution is 0.376. The summed E-state index contributed by atoms with van der Waals surface area (Å²) in [5, 5.41) is 6.62. The summed E-state index contributed by atoms with van der Waals surface area (Å²) in [6.07, 6.45) is 2.16. The van der Waals surface area contributed by atoms with Crippen molar-refractivity contribution >= 4 is 0 Å². The molecular weight excluding hydrogens is 154 g/mol. The smallest absolute Gasteiger partial charge is 0.227 e.